The number of pyridine rings is 1. The Morgan fingerprint density at radius 2 is 1.78 bits per heavy atom. The number of hydrogen-bond donors (Lipinski definition) is 2. The SMILES string of the molecule is O=C(Nc1ccc(Cl)cn1)c1cnn(-c2ccccc2)c1NC(=O)[C@H]1CC[C@H](N2CCOCC2=O)CC1. The summed E-state index contributed by atoms with van der Waals surface area (Å²) in [5.41, 5.74) is 0.914. The van der Waals surface area contributed by atoms with Gasteiger partial charge < -0.3 is 20.3 Å². The van der Waals surface area contributed by atoms with E-state index in [0.717, 1.165) is 12.8 Å². The van der Waals surface area contributed by atoms with E-state index in [1.54, 1.807) is 16.8 Å². The molecular formula is C26H27ClN6O4. The van der Waals surface area contributed by atoms with E-state index >= 15 is 0 Å². The molecule has 2 N–H and O–H groups in total. The lowest BCUT2D eigenvalue weighted by Gasteiger charge is -2.38. The standard InChI is InChI=1S/C26H27ClN6O4/c27-18-8-11-22(28-14-18)30-26(36)21-15-29-33(20-4-2-1-3-5-20)24(21)31-25(35)17-6-9-19(10-7-17)32-12-13-37-16-23(32)34/h1-5,8,11,14-15,17,19H,6-7,9-10,12-13,16H2,(H,31,35)(H,28,30,36)/t17-,19-. The van der Waals surface area contributed by atoms with Crippen LogP contribution in [0.1, 0.15) is 36.0 Å². The number of morpholine rings is 1. The van der Waals surface area contributed by atoms with E-state index in [-0.39, 0.29) is 41.8 Å². The van der Waals surface area contributed by atoms with Gasteiger partial charge in [-0.05, 0) is 49.9 Å². The molecule has 3 amide bonds. The van der Waals surface area contributed by atoms with Gasteiger partial charge in [0.05, 0.1) is 23.5 Å². The maximum absolute atomic E-state index is 13.4. The summed E-state index contributed by atoms with van der Waals surface area (Å²) in [6.07, 6.45) is 5.66. The number of nitrogens with one attached hydrogen (secondary N) is 2. The lowest BCUT2D eigenvalue weighted by atomic mass is 9.84. The molecule has 1 aromatic carbocycles. The zero-order valence-electron chi connectivity index (χ0n) is 20.1. The highest BCUT2D eigenvalue weighted by Gasteiger charge is 2.33. The number of rotatable bonds is 6. The van der Waals surface area contributed by atoms with Crippen molar-refractivity contribution in [2.75, 3.05) is 30.4 Å². The maximum atomic E-state index is 13.4. The van der Waals surface area contributed by atoms with Crippen molar-refractivity contribution in [2.45, 2.75) is 31.7 Å². The number of anilines is 2. The highest BCUT2D eigenvalue weighted by molar-refractivity contribution is 6.30. The van der Waals surface area contributed by atoms with Crippen molar-refractivity contribution in [3.63, 3.8) is 0 Å². The summed E-state index contributed by atoms with van der Waals surface area (Å²) in [6.45, 7) is 1.27. The van der Waals surface area contributed by atoms with E-state index in [2.05, 4.69) is 20.7 Å². The van der Waals surface area contributed by atoms with Gasteiger partial charge in [-0.3, -0.25) is 14.4 Å². The number of carbonyl (C=O) groups excluding carboxylic acids is 3. The molecule has 0 bridgehead atoms. The van der Waals surface area contributed by atoms with Crippen LogP contribution in [-0.2, 0) is 14.3 Å². The van der Waals surface area contributed by atoms with Crippen LogP contribution in [0.5, 0.6) is 0 Å². The highest BCUT2D eigenvalue weighted by Crippen LogP contribution is 2.30. The van der Waals surface area contributed by atoms with Gasteiger partial charge >= 0.3 is 0 Å². The largest absolute Gasteiger partial charge is 0.370 e. The molecule has 10 nitrogen and oxygen atoms in total. The second-order valence-electron chi connectivity index (χ2n) is 9.10. The van der Waals surface area contributed by atoms with E-state index < -0.39 is 5.91 Å². The van der Waals surface area contributed by atoms with E-state index in [1.165, 1.54) is 12.4 Å². The zero-order chi connectivity index (χ0) is 25.8. The molecule has 0 atom stereocenters. The van der Waals surface area contributed by atoms with Crippen molar-refractivity contribution in [3.05, 3.63) is 65.4 Å². The first-order chi connectivity index (χ1) is 18.0. The number of aromatic nitrogens is 3. The molecule has 0 radical (unpaired) electrons. The van der Waals surface area contributed by atoms with E-state index in [1.807, 2.05) is 35.2 Å². The second kappa shape index (κ2) is 11.1. The Morgan fingerprint density at radius 1 is 1.00 bits per heavy atom. The molecule has 192 valence electrons. The number of para-hydroxylation sites is 1. The Hall–Kier alpha value is -3.76. The Balaban J connectivity index is 1.32. The smallest absolute Gasteiger partial charge is 0.262 e. The van der Waals surface area contributed by atoms with Crippen LogP contribution in [-0.4, -0.2) is 63.2 Å². The minimum atomic E-state index is -0.457. The van der Waals surface area contributed by atoms with E-state index in [9.17, 15) is 14.4 Å². The normalized spacial score (nSPS) is 19.9. The maximum Gasteiger partial charge on any atom is 0.262 e. The molecule has 2 aliphatic rings. The summed E-state index contributed by atoms with van der Waals surface area (Å²) in [4.78, 5) is 44.7. The van der Waals surface area contributed by atoms with Crippen molar-refractivity contribution in [1.29, 1.82) is 0 Å². The predicted octanol–water partition coefficient (Wildman–Crippen LogP) is 3.53. The fourth-order valence-electron chi connectivity index (χ4n) is 4.82. The van der Waals surface area contributed by atoms with Crippen molar-refractivity contribution < 1.29 is 19.1 Å². The van der Waals surface area contributed by atoms with Gasteiger partial charge in [0, 0.05) is 24.7 Å². The molecule has 1 aliphatic heterocycles. The van der Waals surface area contributed by atoms with Gasteiger partial charge in [-0.15, -0.1) is 0 Å². The number of hydrogen-bond acceptors (Lipinski definition) is 6. The first kappa shape index (κ1) is 24.9. The van der Waals surface area contributed by atoms with Crippen molar-refractivity contribution in [1.82, 2.24) is 19.7 Å². The van der Waals surface area contributed by atoms with Crippen LogP contribution < -0.4 is 10.6 Å². The summed E-state index contributed by atoms with van der Waals surface area (Å²) < 4.78 is 6.78. The monoisotopic (exact) mass is 522 g/mol. The molecule has 0 spiro atoms. The fraction of sp³-hybridized carbons (Fsp3) is 0.346. The van der Waals surface area contributed by atoms with E-state index in [0.29, 0.717) is 42.5 Å². The number of amides is 3. The second-order valence-corrected chi connectivity index (χ2v) is 9.54. The van der Waals surface area contributed by atoms with Crippen LogP contribution in [0.4, 0.5) is 11.6 Å². The number of benzene rings is 1. The van der Waals surface area contributed by atoms with Gasteiger partial charge in [0.2, 0.25) is 11.8 Å². The third kappa shape index (κ3) is 5.65. The first-order valence-electron chi connectivity index (χ1n) is 12.2. The van der Waals surface area contributed by atoms with Gasteiger partial charge in [-0.25, -0.2) is 9.67 Å². The van der Waals surface area contributed by atoms with Gasteiger partial charge in [0.15, 0.2) is 0 Å². The average Bonchev–Trinajstić information content (AvgIpc) is 3.34. The molecule has 3 heterocycles. The topological polar surface area (TPSA) is 118 Å². The molecule has 1 saturated carbocycles. The third-order valence-corrected chi connectivity index (χ3v) is 6.98. The molecule has 5 rings (SSSR count). The number of nitrogens with zero attached hydrogens (tertiary/aromatic N) is 4. The van der Waals surface area contributed by atoms with Crippen molar-refractivity contribution in [2.24, 2.45) is 5.92 Å². The van der Waals surface area contributed by atoms with E-state index in [4.69, 9.17) is 16.3 Å². The Morgan fingerprint density at radius 3 is 2.49 bits per heavy atom. The molecule has 3 aromatic rings. The third-order valence-electron chi connectivity index (χ3n) is 6.76. The molecule has 2 fully saturated rings. The van der Waals surface area contributed by atoms with Gasteiger partial charge in [-0.2, -0.15) is 5.10 Å². The Kier molecular flexibility index (Phi) is 7.47. The van der Waals surface area contributed by atoms with Gasteiger partial charge in [0.25, 0.3) is 5.91 Å². The number of ether oxygens (including phenoxy) is 1. The predicted molar refractivity (Wildman–Crippen MR) is 138 cm³/mol. The molecule has 1 saturated heterocycles. The lowest BCUT2D eigenvalue weighted by Crippen LogP contribution is -2.49. The van der Waals surface area contributed by atoms with Gasteiger partial charge in [0.1, 0.15) is 23.8 Å². The Bertz CT molecular complexity index is 1270. The molecule has 2 aromatic heterocycles. The number of carbonyl (C=O) groups is 3. The average molecular weight is 523 g/mol. The Labute approximate surface area is 219 Å². The minimum Gasteiger partial charge on any atom is -0.370 e. The quantitative estimate of drug-likeness (QED) is 0.511. The number of halogens is 1. The summed E-state index contributed by atoms with van der Waals surface area (Å²) >= 11 is 5.89. The summed E-state index contributed by atoms with van der Waals surface area (Å²) in [5.74, 6) is -0.245. The van der Waals surface area contributed by atoms with Crippen LogP contribution >= 0.6 is 11.6 Å². The van der Waals surface area contributed by atoms with Crippen LogP contribution in [0.3, 0.4) is 0 Å². The minimum absolute atomic E-state index is 0.0109. The summed E-state index contributed by atoms with van der Waals surface area (Å²) in [6, 6.07) is 12.6. The van der Waals surface area contributed by atoms with Crippen LogP contribution in [0.25, 0.3) is 5.69 Å². The summed E-state index contributed by atoms with van der Waals surface area (Å²) in [5, 5.41) is 10.5. The van der Waals surface area contributed by atoms with Crippen molar-refractivity contribution in [3.8, 4) is 5.69 Å². The van der Waals surface area contributed by atoms with Crippen LogP contribution in [0, 0.1) is 5.92 Å². The molecule has 11 heteroatoms. The first-order valence-corrected chi connectivity index (χ1v) is 12.6. The molecular weight excluding hydrogens is 496 g/mol. The van der Waals surface area contributed by atoms with Crippen LogP contribution in [0.15, 0.2) is 54.9 Å². The zero-order valence-corrected chi connectivity index (χ0v) is 20.9. The molecule has 0 unspecified atom stereocenters. The lowest BCUT2D eigenvalue weighted by molar-refractivity contribution is -0.146. The molecule has 37 heavy (non-hydrogen) atoms. The van der Waals surface area contributed by atoms with Gasteiger partial charge in [-0.1, -0.05) is 29.8 Å². The van der Waals surface area contributed by atoms with Crippen LogP contribution in [0.2, 0.25) is 5.02 Å². The summed E-state index contributed by atoms with van der Waals surface area (Å²) in [7, 11) is 0. The highest BCUT2D eigenvalue weighted by atomic mass is 35.5. The fourth-order valence-corrected chi connectivity index (χ4v) is 4.93. The van der Waals surface area contributed by atoms with Crippen molar-refractivity contribution >= 4 is 41.0 Å². The molecule has 1 aliphatic carbocycles.